The second-order valence-electron chi connectivity index (χ2n) is 5.53. The second kappa shape index (κ2) is 6.43. The highest BCUT2D eigenvalue weighted by Crippen LogP contribution is 2.29. The smallest absolute Gasteiger partial charge is 0.351 e. The van der Waals surface area contributed by atoms with Gasteiger partial charge in [-0.2, -0.15) is 13.2 Å². The van der Waals surface area contributed by atoms with Crippen LogP contribution in [-0.4, -0.2) is 11.0 Å². The molecule has 4 nitrogen and oxygen atoms in total. The number of hydrogen-bond acceptors (Lipinski definition) is 2. The standard InChI is InChI=1S/C18H14F3N3O/c19-18(20,21)15-4-1-12(2-5-15)11-24(17(22)25)16-6-3-14-10-23-8-7-13(14)9-16/h1-10H,11H2,(H2,22,25). The summed E-state index contributed by atoms with van der Waals surface area (Å²) in [6, 6.07) is 11.1. The Hall–Kier alpha value is -3.09. The average molecular weight is 345 g/mol. The molecule has 2 aromatic carbocycles. The van der Waals surface area contributed by atoms with Crippen molar-refractivity contribution in [1.82, 2.24) is 4.98 Å². The van der Waals surface area contributed by atoms with Gasteiger partial charge in [0.2, 0.25) is 0 Å². The summed E-state index contributed by atoms with van der Waals surface area (Å²) in [5.74, 6) is 0. The fourth-order valence-corrected chi connectivity index (χ4v) is 2.52. The van der Waals surface area contributed by atoms with E-state index in [2.05, 4.69) is 4.98 Å². The third-order valence-corrected chi connectivity index (χ3v) is 3.82. The van der Waals surface area contributed by atoms with Crippen LogP contribution in [0.2, 0.25) is 0 Å². The summed E-state index contributed by atoms with van der Waals surface area (Å²) in [4.78, 5) is 17.2. The minimum absolute atomic E-state index is 0.0735. The number of hydrogen-bond donors (Lipinski definition) is 1. The number of halogens is 3. The predicted octanol–water partition coefficient (Wildman–Crippen LogP) is 4.34. The van der Waals surface area contributed by atoms with Crippen LogP contribution in [0.5, 0.6) is 0 Å². The van der Waals surface area contributed by atoms with Gasteiger partial charge in [-0.1, -0.05) is 18.2 Å². The van der Waals surface area contributed by atoms with Crippen molar-refractivity contribution in [3.63, 3.8) is 0 Å². The van der Waals surface area contributed by atoms with Crippen LogP contribution >= 0.6 is 0 Å². The molecule has 0 aliphatic carbocycles. The molecule has 0 saturated heterocycles. The summed E-state index contributed by atoms with van der Waals surface area (Å²) in [7, 11) is 0. The quantitative estimate of drug-likeness (QED) is 0.768. The Labute approximate surface area is 141 Å². The van der Waals surface area contributed by atoms with Crippen molar-refractivity contribution >= 4 is 22.5 Å². The van der Waals surface area contributed by atoms with E-state index in [-0.39, 0.29) is 6.54 Å². The zero-order chi connectivity index (χ0) is 18.0. The van der Waals surface area contributed by atoms with Crippen molar-refractivity contribution in [2.24, 2.45) is 5.73 Å². The third-order valence-electron chi connectivity index (χ3n) is 3.82. The number of amides is 2. The van der Waals surface area contributed by atoms with Crippen LogP contribution in [0.25, 0.3) is 10.8 Å². The maximum absolute atomic E-state index is 12.6. The third kappa shape index (κ3) is 3.71. The molecule has 0 aliphatic rings. The lowest BCUT2D eigenvalue weighted by molar-refractivity contribution is -0.137. The first-order valence-corrected chi connectivity index (χ1v) is 7.41. The molecule has 1 aromatic heterocycles. The van der Waals surface area contributed by atoms with Crippen molar-refractivity contribution in [2.75, 3.05) is 4.90 Å². The average Bonchev–Trinajstić information content (AvgIpc) is 2.58. The maximum Gasteiger partial charge on any atom is 0.416 e. The van der Waals surface area contributed by atoms with Gasteiger partial charge in [0, 0.05) is 23.5 Å². The number of rotatable bonds is 3. The SMILES string of the molecule is NC(=O)N(Cc1ccc(C(F)(F)F)cc1)c1ccc2cnccc2c1. The number of carbonyl (C=O) groups excluding carboxylic acids is 1. The van der Waals surface area contributed by atoms with E-state index >= 15 is 0 Å². The van der Waals surface area contributed by atoms with Gasteiger partial charge in [0.25, 0.3) is 0 Å². The van der Waals surface area contributed by atoms with Gasteiger partial charge in [0.15, 0.2) is 0 Å². The molecule has 2 N–H and O–H groups in total. The molecular formula is C18H14F3N3O. The van der Waals surface area contributed by atoms with Crippen LogP contribution < -0.4 is 10.6 Å². The highest BCUT2D eigenvalue weighted by molar-refractivity contribution is 5.94. The fraction of sp³-hybridized carbons (Fsp3) is 0.111. The molecule has 0 atom stereocenters. The molecule has 25 heavy (non-hydrogen) atoms. The van der Waals surface area contributed by atoms with Crippen molar-refractivity contribution in [3.05, 3.63) is 72.1 Å². The Balaban J connectivity index is 1.89. The number of benzene rings is 2. The van der Waals surface area contributed by atoms with Crippen molar-refractivity contribution in [2.45, 2.75) is 12.7 Å². The maximum atomic E-state index is 12.6. The van der Waals surface area contributed by atoms with E-state index in [9.17, 15) is 18.0 Å². The van der Waals surface area contributed by atoms with Gasteiger partial charge in [0.05, 0.1) is 12.1 Å². The van der Waals surface area contributed by atoms with Gasteiger partial charge >= 0.3 is 12.2 Å². The molecule has 0 unspecified atom stereocenters. The van der Waals surface area contributed by atoms with E-state index in [0.29, 0.717) is 11.3 Å². The monoisotopic (exact) mass is 345 g/mol. The summed E-state index contributed by atoms with van der Waals surface area (Å²) in [6.45, 7) is 0.0735. The Morgan fingerprint density at radius 3 is 2.40 bits per heavy atom. The molecule has 3 rings (SSSR count). The Kier molecular flexibility index (Phi) is 4.31. The van der Waals surface area contributed by atoms with Crippen LogP contribution in [0.3, 0.4) is 0 Å². The molecule has 0 aliphatic heterocycles. The summed E-state index contributed by atoms with van der Waals surface area (Å²) < 4.78 is 37.9. The minimum atomic E-state index is -4.39. The van der Waals surface area contributed by atoms with Crippen LogP contribution in [0.15, 0.2) is 60.9 Å². The van der Waals surface area contributed by atoms with Gasteiger partial charge in [0.1, 0.15) is 0 Å². The number of nitrogens with two attached hydrogens (primary N) is 1. The van der Waals surface area contributed by atoms with Gasteiger partial charge in [-0.3, -0.25) is 9.88 Å². The molecule has 2 amide bonds. The van der Waals surface area contributed by atoms with E-state index in [1.807, 2.05) is 0 Å². The molecule has 0 spiro atoms. The first kappa shape index (κ1) is 16.8. The zero-order valence-corrected chi connectivity index (χ0v) is 13.0. The first-order chi connectivity index (χ1) is 11.8. The molecule has 128 valence electrons. The highest BCUT2D eigenvalue weighted by Gasteiger charge is 2.30. The number of pyridine rings is 1. The van der Waals surface area contributed by atoms with E-state index in [0.717, 1.165) is 22.9 Å². The van der Waals surface area contributed by atoms with Crippen LogP contribution in [0.4, 0.5) is 23.7 Å². The second-order valence-corrected chi connectivity index (χ2v) is 5.53. The normalized spacial score (nSPS) is 11.5. The lowest BCUT2D eigenvalue weighted by Crippen LogP contribution is -2.35. The van der Waals surface area contributed by atoms with E-state index in [1.54, 1.807) is 36.7 Å². The summed E-state index contributed by atoms with van der Waals surface area (Å²) in [6.07, 6.45) is -1.06. The molecular weight excluding hydrogens is 331 g/mol. The zero-order valence-electron chi connectivity index (χ0n) is 13.0. The Bertz CT molecular complexity index is 907. The first-order valence-electron chi connectivity index (χ1n) is 7.41. The number of carbonyl (C=O) groups is 1. The summed E-state index contributed by atoms with van der Waals surface area (Å²) >= 11 is 0. The molecule has 0 bridgehead atoms. The fourth-order valence-electron chi connectivity index (χ4n) is 2.52. The van der Waals surface area contributed by atoms with Crippen molar-refractivity contribution < 1.29 is 18.0 Å². The van der Waals surface area contributed by atoms with E-state index < -0.39 is 17.8 Å². The lowest BCUT2D eigenvalue weighted by Gasteiger charge is -2.21. The number of fused-ring (bicyclic) bond motifs is 1. The summed E-state index contributed by atoms with van der Waals surface area (Å²) in [5, 5.41) is 1.79. The number of anilines is 1. The van der Waals surface area contributed by atoms with Crippen LogP contribution in [0.1, 0.15) is 11.1 Å². The lowest BCUT2D eigenvalue weighted by atomic mass is 10.1. The summed E-state index contributed by atoms with van der Waals surface area (Å²) in [5.41, 5.74) is 5.82. The molecule has 7 heteroatoms. The van der Waals surface area contributed by atoms with Crippen LogP contribution in [-0.2, 0) is 12.7 Å². The predicted molar refractivity (Wildman–Crippen MR) is 89.0 cm³/mol. The van der Waals surface area contributed by atoms with Crippen molar-refractivity contribution in [1.29, 1.82) is 0 Å². The van der Waals surface area contributed by atoms with Gasteiger partial charge in [-0.25, -0.2) is 4.79 Å². The number of nitrogens with zero attached hydrogens (tertiary/aromatic N) is 2. The number of alkyl halides is 3. The van der Waals surface area contributed by atoms with Crippen molar-refractivity contribution in [3.8, 4) is 0 Å². The molecule has 1 heterocycles. The van der Waals surface area contributed by atoms with E-state index in [1.165, 1.54) is 17.0 Å². The van der Waals surface area contributed by atoms with Gasteiger partial charge < -0.3 is 5.73 Å². The minimum Gasteiger partial charge on any atom is -0.351 e. The Morgan fingerprint density at radius 1 is 1.04 bits per heavy atom. The molecule has 3 aromatic rings. The van der Waals surface area contributed by atoms with Crippen LogP contribution in [0, 0.1) is 0 Å². The number of urea groups is 1. The number of primary amides is 1. The molecule has 0 fully saturated rings. The molecule has 0 saturated carbocycles. The largest absolute Gasteiger partial charge is 0.416 e. The highest BCUT2D eigenvalue weighted by atomic mass is 19.4. The van der Waals surface area contributed by atoms with Gasteiger partial charge in [-0.15, -0.1) is 0 Å². The molecule has 0 radical (unpaired) electrons. The Morgan fingerprint density at radius 2 is 1.76 bits per heavy atom. The van der Waals surface area contributed by atoms with Gasteiger partial charge in [-0.05, 0) is 41.3 Å². The number of aromatic nitrogens is 1. The van der Waals surface area contributed by atoms with E-state index in [4.69, 9.17) is 5.73 Å². The topological polar surface area (TPSA) is 59.2 Å².